The van der Waals surface area contributed by atoms with Crippen molar-refractivity contribution in [2.45, 2.75) is 13.3 Å². The maximum atomic E-state index is 11.9. The van der Waals surface area contributed by atoms with Crippen molar-refractivity contribution >= 4 is 17.7 Å². The molecule has 22 heavy (non-hydrogen) atoms. The monoisotopic (exact) mass is 310 g/mol. The number of aromatic nitrogens is 1. The van der Waals surface area contributed by atoms with Crippen LogP contribution in [0.1, 0.15) is 12.2 Å². The van der Waals surface area contributed by atoms with E-state index in [4.69, 9.17) is 4.52 Å². The average Bonchev–Trinajstić information content (AvgIpc) is 2.91. The van der Waals surface area contributed by atoms with Crippen LogP contribution < -0.4 is 5.32 Å². The Hall–Kier alpha value is -1.93. The standard InChI is InChI=1S/C14H22N4O4/c1-11-9-12(16-22-11)15-13(19)10-18-7-5-17(6-8-18)4-3-14(20)21-2/h9H,3-8,10H2,1-2H3,(H,15,16,19). The molecule has 0 spiro atoms. The fourth-order valence-corrected chi connectivity index (χ4v) is 2.33. The van der Waals surface area contributed by atoms with Crippen LogP contribution >= 0.6 is 0 Å². The molecule has 0 unspecified atom stereocenters. The summed E-state index contributed by atoms with van der Waals surface area (Å²) in [5.74, 6) is 0.815. The van der Waals surface area contributed by atoms with Crippen molar-refractivity contribution in [3.05, 3.63) is 11.8 Å². The normalized spacial score (nSPS) is 16.5. The van der Waals surface area contributed by atoms with Crippen LogP contribution in [0.4, 0.5) is 5.82 Å². The molecule has 0 saturated carbocycles. The Kier molecular flexibility index (Phi) is 5.91. The number of hydrogen-bond donors (Lipinski definition) is 1. The zero-order valence-electron chi connectivity index (χ0n) is 13.0. The molecule has 0 atom stereocenters. The minimum Gasteiger partial charge on any atom is -0.469 e. The van der Waals surface area contributed by atoms with E-state index in [2.05, 4.69) is 25.0 Å². The Morgan fingerprint density at radius 3 is 2.59 bits per heavy atom. The lowest BCUT2D eigenvalue weighted by atomic mass is 10.3. The molecule has 8 heteroatoms. The summed E-state index contributed by atoms with van der Waals surface area (Å²) in [5.41, 5.74) is 0. The van der Waals surface area contributed by atoms with E-state index in [0.29, 0.717) is 31.1 Å². The van der Waals surface area contributed by atoms with Gasteiger partial charge in [-0.15, -0.1) is 0 Å². The molecule has 1 fully saturated rings. The summed E-state index contributed by atoms with van der Waals surface area (Å²) in [5, 5.41) is 6.44. The molecule has 1 amide bonds. The van der Waals surface area contributed by atoms with Crippen LogP contribution in [0, 0.1) is 6.92 Å². The molecular formula is C14H22N4O4. The van der Waals surface area contributed by atoms with Crippen molar-refractivity contribution < 1.29 is 18.8 Å². The van der Waals surface area contributed by atoms with Crippen LogP contribution in [-0.2, 0) is 14.3 Å². The zero-order chi connectivity index (χ0) is 15.9. The van der Waals surface area contributed by atoms with Gasteiger partial charge in [0.2, 0.25) is 5.91 Å². The summed E-state index contributed by atoms with van der Waals surface area (Å²) in [7, 11) is 1.40. The molecule has 0 aliphatic carbocycles. The largest absolute Gasteiger partial charge is 0.469 e. The Morgan fingerprint density at radius 1 is 1.32 bits per heavy atom. The minimum atomic E-state index is -0.190. The predicted molar refractivity (Wildman–Crippen MR) is 79.4 cm³/mol. The molecule has 1 saturated heterocycles. The van der Waals surface area contributed by atoms with E-state index in [1.165, 1.54) is 7.11 Å². The first-order chi connectivity index (χ1) is 10.6. The Bertz CT molecular complexity index is 509. The predicted octanol–water partition coefficient (Wildman–Crippen LogP) is 0.102. The molecule has 1 aliphatic heterocycles. The molecule has 1 aliphatic rings. The highest BCUT2D eigenvalue weighted by Crippen LogP contribution is 2.08. The third kappa shape index (κ3) is 5.12. The Balaban J connectivity index is 1.66. The minimum absolute atomic E-state index is 0.101. The number of amides is 1. The summed E-state index contributed by atoms with van der Waals surface area (Å²) in [6.07, 6.45) is 0.405. The lowest BCUT2D eigenvalue weighted by Crippen LogP contribution is -2.49. The molecule has 122 valence electrons. The molecule has 0 radical (unpaired) electrons. The number of hydrogen-bond acceptors (Lipinski definition) is 7. The van der Waals surface area contributed by atoms with E-state index in [1.807, 2.05) is 0 Å². The number of esters is 1. The van der Waals surface area contributed by atoms with Crippen molar-refractivity contribution in [3.63, 3.8) is 0 Å². The van der Waals surface area contributed by atoms with Gasteiger partial charge in [0.1, 0.15) is 5.76 Å². The highest BCUT2D eigenvalue weighted by molar-refractivity contribution is 5.91. The van der Waals surface area contributed by atoms with Crippen LogP contribution in [-0.4, -0.2) is 73.2 Å². The molecule has 1 aromatic heterocycles. The number of anilines is 1. The third-order valence-electron chi connectivity index (χ3n) is 3.59. The second-order valence-electron chi connectivity index (χ2n) is 5.31. The summed E-state index contributed by atoms with van der Waals surface area (Å²) in [6, 6.07) is 1.68. The number of carbonyl (C=O) groups excluding carboxylic acids is 2. The molecular weight excluding hydrogens is 288 g/mol. The Morgan fingerprint density at radius 2 is 2.00 bits per heavy atom. The van der Waals surface area contributed by atoms with Gasteiger partial charge in [-0.25, -0.2) is 0 Å². The van der Waals surface area contributed by atoms with Crippen molar-refractivity contribution in [2.75, 3.05) is 51.7 Å². The zero-order valence-corrected chi connectivity index (χ0v) is 13.0. The highest BCUT2D eigenvalue weighted by atomic mass is 16.5. The van der Waals surface area contributed by atoms with Gasteiger partial charge in [-0.05, 0) is 6.92 Å². The van der Waals surface area contributed by atoms with Crippen molar-refractivity contribution in [1.29, 1.82) is 0 Å². The van der Waals surface area contributed by atoms with Gasteiger partial charge >= 0.3 is 5.97 Å². The maximum absolute atomic E-state index is 11.9. The van der Waals surface area contributed by atoms with E-state index in [9.17, 15) is 9.59 Å². The first kappa shape index (κ1) is 16.4. The average molecular weight is 310 g/mol. The van der Waals surface area contributed by atoms with Gasteiger partial charge in [-0.2, -0.15) is 0 Å². The van der Waals surface area contributed by atoms with Crippen LogP contribution in [0.15, 0.2) is 10.6 Å². The molecule has 0 bridgehead atoms. The second-order valence-corrected chi connectivity index (χ2v) is 5.31. The van der Waals surface area contributed by atoms with Crippen molar-refractivity contribution in [1.82, 2.24) is 15.0 Å². The number of methoxy groups -OCH3 is 1. The first-order valence-electron chi connectivity index (χ1n) is 7.31. The first-order valence-corrected chi connectivity index (χ1v) is 7.31. The Labute approximate surface area is 129 Å². The number of rotatable bonds is 6. The van der Waals surface area contributed by atoms with Crippen LogP contribution in [0.3, 0.4) is 0 Å². The smallest absolute Gasteiger partial charge is 0.306 e. The number of carbonyl (C=O) groups is 2. The van der Waals surface area contributed by atoms with E-state index in [0.717, 1.165) is 26.2 Å². The van der Waals surface area contributed by atoms with Gasteiger partial charge < -0.3 is 19.5 Å². The van der Waals surface area contributed by atoms with Crippen LogP contribution in [0.2, 0.25) is 0 Å². The molecule has 1 aromatic rings. The number of nitrogens with one attached hydrogen (secondary N) is 1. The summed E-state index contributed by atoms with van der Waals surface area (Å²) < 4.78 is 9.53. The van der Waals surface area contributed by atoms with Gasteiger partial charge in [0.05, 0.1) is 20.1 Å². The van der Waals surface area contributed by atoms with E-state index in [1.54, 1.807) is 13.0 Å². The molecule has 2 rings (SSSR count). The fraction of sp³-hybridized carbons (Fsp3) is 0.643. The van der Waals surface area contributed by atoms with E-state index < -0.39 is 0 Å². The molecule has 2 heterocycles. The molecule has 8 nitrogen and oxygen atoms in total. The number of nitrogens with zero attached hydrogens (tertiary/aromatic N) is 3. The highest BCUT2D eigenvalue weighted by Gasteiger charge is 2.19. The molecule has 1 N–H and O–H groups in total. The van der Waals surface area contributed by atoms with E-state index in [-0.39, 0.29) is 11.9 Å². The van der Waals surface area contributed by atoms with Crippen LogP contribution in [0.5, 0.6) is 0 Å². The van der Waals surface area contributed by atoms with Crippen molar-refractivity contribution in [3.8, 4) is 0 Å². The third-order valence-corrected chi connectivity index (χ3v) is 3.59. The second kappa shape index (κ2) is 7.90. The van der Waals surface area contributed by atoms with Gasteiger partial charge in [-0.3, -0.25) is 14.5 Å². The van der Waals surface area contributed by atoms with Gasteiger partial charge in [0.15, 0.2) is 5.82 Å². The van der Waals surface area contributed by atoms with Gasteiger partial charge in [0.25, 0.3) is 0 Å². The molecule has 0 aromatic carbocycles. The topological polar surface area (TPSA) is 87.9 Å². The van der Waals surface area contributed by atoms with Crippen LogP contribution in [0.25, 0.3) is 0 Å². The number of piperazine rings is 1. The number of ether oxygens (including phenoxy) is 1. The maximum Gasteiger partial charge on any atom is 0.306 e. The summed E-state index contributed by atoms with van der Waals surface area (Å²) in [4.78, 5) is 27.3. The van der Waals surface area contributed by atoms with Gasteiger partial charge in [-0.1, -0.05) is 5.16 Å². The summed E-state index contributed by atoms with van der Waals surface area (Å²) in [6.45, 7) is 6.08. The lowest BCUT2D eigenvalue weighted by molar-refractivity contribution is -0.141. The fourth-order valence-electron chi connectivity index (χ4n) is 2.33. The number of aryl methyl sites for hydroxylation is 1. The quantitative estimate of drug-likeness (QED) is 0.746. The van der Waals surface area contributed by atoms with E-state index >= 15 is 0 Å². The van der Waals surface area contributed by atoms with Gasteiger partial charge in [0, 0.05) is 38.8 Å². The van der Waals surface area contributed by atoms with Crippen molar-refractivity contribution in [2.24, 2.45) is 0 Å². The summed E-state index contributed by atoms with van der Waals surface area (Å²) >= 11 is 0. The SMILES string of the molecule is COC(=O)CCN1CCN(CC(=O)Nc2cc(C)on2)CC1. The lowest BCUT2D eigenvalue weighted by Gasteiger charge is -2.33.